The first-order chi connectivity index (χ1) is 26.4. The maximum Gasteiger partial charge on any atom is 0.239 e. The van der Waals surface area contributed by atoms with E-state index in [1.165, 1.54) is 6.07 Å². The molecule has 0 spiro atoms. The third-order valence-electron chi connectivity index (χ3n) is 11.1. The van der Waals surface area contributed by atoms with Crippen LogP contribution in [0.1, 0.15) is 59.8 Å². The number of benzene rings is 2. The molecule has 1 aromatic heterocycles. The molecule has 2 aromatic carbocycles. The lowest BCUT2D eigenvalue weighted by molar-refractivity contribution is -0.273. The molecule has 17 nitrogen and oxygen atoms in total. The molecule has 11 N–H and O–H groups in total. The molecule has 2 saturated heterocycles. The number of aliphatic hydroxyl groups excluding tert-OH is 6. The Morgan fingerprint density at radius 3 is 2.04 bits per heavy atom. The monoisotopic (exact) mass is 794 g/mol. The van der Waals surface area contributed by atoms with E-state index in [0.29, 0.717) is 19.3 Å². The fourth-order valence-electron chi connectivity index (χ4n) is 7.77. The molecular weight excluding hydrogens is 740 g/mol. The van der Waals surface area contributed by atoms with Crippen molar-refractivity contribution in [2.45, 2.75) is 120 Å². The number of aliphatic hydroxyl groups is 7. The van der Waals surface area contributed by atoms with Crippen LogP contribution in [0, 0.1) is 11.8 Å². The van der Waals surface area contributed by atoms with Crippen LogP contribution in [0.2, 0.25) is 0 Å². The molecule has 17 heteroatoms. The average molecular weight is 795 g/mol. The van der Waals surface area contributed by atoms with Gasteiger partial charge in [-0.1, -0.05) is 20.3 Å². The topological polar surface area (TPSA) is 290 Å². The van der Waals surface area contributed by atoms with E-state index < -0.39 is 125 Å². The molecule has 0 aliphatic carbocycles. The van der Waals surface area contributed by atoms with Crippen molar-refractivity contribution in [2.75, 3.05) is 19.8 Å². The zero-order valence-electron chi connectivity index (χ0n) is 31.7. The number of hydrogen-bond acceptors (Lipinski definition) is 17. The van der Waals surface area contributed by atoms with Gasteiger partial charge in [0.1, 0.15) is 40.8 Å². The highest BCUT2D eigenvalue weighted by atomic mass is 16.7. The standard InChI is InChI=1S/C39H54O17/c1-5-9-38(3,51)13-20-26(15-40)53-28(32(48)30(20)46)17-52-39(4,6-2)14-21-27(16-41)55-37(34(50)31(21)47)56-36-33(49)29-24(45)11-19(42)12-25(29)54-35(36)18-7-8-22(43)23(44)10-18/h7-8,10-12,20-21,26-28,30-32,34,37,40-48,50-51H,5-6,9,13-17H2,1-4H3/t20-,21-,26?,27?,28-,30?,31-,32-,34?,37+,38?,39?/m1/s1. The minimum atomic E-state index is -1.85. The Morgan fingerprint density at radius 2 is 1.41 bits per heavy atom. The fraction of sp³-hybridized carbons (Fsp3) is 0.615. The largest absolute Gasteiger partial charge is 0.508 e. The smallest absolute Gasteiger partial charge is 0.239 e. The van der Waals surface area contributed by atoms with Gasteiger partial charge in [0.2, 0.25) is 17.5 Å². The Hall–Kier alpha value is -3.75. The molecule has 3 heterocycles. The summed E-state index contributed by atoms with van der Waals surface area (Å²) in [7, 11) is 0. The van der Waals surface area contributed by atoms with E-state index in [-0.39, 0.29) is 36.4 Å². The predicted molar refractivity (Wildman–Crippen MR) is 197 cm³/mol. The zero-order chi connectivity index (χ0) is 41.3. The molecule has 0 amide bonds. The SMILES string of the molecule is CCCC(C)(O)C[C@@H]1C(CO)O[C@H](COC(C)(CC)C[C@@H]2C(CO)O[C@@H](Oc3c(-c4ccc(O)c(O)c4)oc4cc(O)cc(O)c4c3=O)C(O)[C@@H]2O)[C@@H](O)C1O. The molecule has 312 valence electrons. The third-order valence-corrected chi connectivity index (χ3v) is 11.1. The van der Waals surface area contributed by atoms with Gasteiger partial charge in [0, 0.05) is 29.5 Å². The van der Waals surface area contributed by atoms with Gasteiger partial charge in [0.15, 0.2) is 17.3 Å². The van der Waals surface area contributed by atoms with Gasteiger partial charge in [-0.05, 0) is 57.7 Å². The zero-order valence-corrected chi connectivity index (χ0v) is 31.7. The van der Waals surface area contributed by atoms with Crippen molar-refractivity contribution < 1.29 is 79.5 Å². The molecule has 3 aromatic rings. The Bertz CT molecular complexity index is 1860. The Balaban J connectivity index is 1.35. The van der Waals surface area contributed by atoms with E-state index in [1.807, 2.05) is 6.92 Å². The van der Waals surface area contributed by atoms with Crippen LogP contribution in [0.15, 0.2) is 39.5 Å². The summed E-state index contributed by atoms with van der Waals surface area (Å²) in [5, 5.41) is 116. The summed E-state index contributed by atoms with van der Waals surface area (Å²) < 4.78 is 29.9. The maximum absolute atomic E-state index is 13.8. The molecular formula is C39H54O17. The van der Waals surface area contributed by atoms with Crippen molar-refractivity contribution >= 4 is 11.0 Å². The molecule has 0 bridgehead atoms. The van der Waals surface area contributed by atoms with Gasteiger partial charge in [-0.15, -0.1) is 0 Å². The van der Waals surface area contributed by atoms with E-state index in [4.69, 9.17) is 23.4 Å². The van der Waals surface area contributed by atoms with Crippen LogP contribution in [0.4, 0.5) is 0 Å². The highest BCUT2D eigenvalue weighted by Gasteiger charge is 2.50. The number of ether oxygens (including phenoxy) is 4. The Labute approximate surface area is 322 Å². The summed E-state index contributed by atoms with van der Waals surface area (Å²) in [5.74, 6) is -4.92. The first-order valence-corrected chi connectivity index (χ1v) is 18.7. The van der Waals surface area contributed by atoms with Gasteiger partial charge in [-0.3, -0.25) is 4.79 Å². The van der Waals surface area contributed by atoms with Crippen molar-refractivity contribution in [1.82, 2.24) is 0 Å². The van der Waals surface area contributed by atoms with Gasteiger partial charge in [0.05, 0.1) is 55.4 Å². The summed E-state index contributed by atoms with van der Waals surface area (Å²) >= 11 is 0. The van der Waals surface area contributed by atoms with E-state index in [2.05, 4.69) is 0 Å². The number of phenolic OH excluding ortho intramolecular Hbond substituents is 4. The Morgan fingerprint density at radius 1 is 0.768 bits per heavy atom. The molecule has 2 fully saturated rings. The van der Waals surface area contributed by atoms with Crippen LogP contribution in [-0.4, -0.2) is 136 Å². The summed E-state index contributed by atoms with van der Waals surface area (Å²) in [6, 6.07) is 5.40. The summed E-state index contributed by atoms with van der Waals surface area (Å²) in [4.78, 5) is 13.8. The summed E-state index contributed by atoms with van der Waals surface area (Å²) in [5.41, 5.74) is -3.51. The summed E-state index contributed by atoms with van der Waals surface area (Å²) in [6.07, 6.45) is -9.74. The fourth-order valence-corrected chi connectivity index (χ4v) is 7.77. The van der Waals surface area contributed by atoms with Gasteiger partial charge in [-0.2, -0.15) is 0 Å². The molecule has 2 aliphatic heterocycles. The van der Waals surface area contributed by atoms with Crippen LogP contribution in [0.25, 0.3) is 22.3 Å². The second kappa shape index (κ2) is 17.4. The third kappa shape index (κ3) is 9.02. The number of fused-ring (bicyclic) bond motifs is 1. The van der Waals surface area contributed by atoms with Crippen molar-refractivity contribution in [3.8, 4) is 40.1 Å². The van der Waals surface area contributed by atoms with Crippen LogP contribution in [0.5, 0.6) is 28.7 Å². The van der Waals surface area contributed by atoms with Crippen LogP contribution in [-0.2, 0) is 14.2 Å². The highest BCUT2D eigenvalue weighted by molar-refractivity contribution is 5.88. The lowest BCUT2D eigenvalue weighted by atomic mass is 9.78. The lowest BCUT2D eigenvalue weighted by Gasteiger charge is -2.46. The highest BCUT2D eigenvalue weighted by Crippen LogP contribution is 2.42. The van der Waals surface area contributed by atoms with Gasteiger partial charge in [-0.25, -0.2) is 0 Å². The molecule has 5 rings (SSSR count). The van der Waals surface area contributed by atoms with Gasteiger partial charge < -0.3 is 79.5 Å². The van der Waals surface area contributed by atoms with Crippen LogP contribution in [0.3, 0.4) is 0 Å². The molecule has 2 aliphatic rings. The second-order valence-electron chi connectivity index (χ2n) is 15.4. The predicted octanol–water partition coefficient (Wildman–Crippen LogP) is 1.33. The van der Waals surface area contributed by atoms with E-state index in [9.17, 15) is 61.0 Å². The number of hydrogen-bond donors (Lipinski definition) is 11. The van der Waals surface area contributed by atoms with Crippen LogP contribution >= 0.6 is 0 Å². The van der Waals surface area contributed by atoms with Crippen molar-refractivity contribution in [3.05, 3.63) is 40.6 Å². The number of rotatable bonds is 15. The van der Waals surface area contributed by atoms with Gasteiger partial charge >= 0.3 is 0 Å². The van der Waals surface area contributed by atoms with E-state index >= 15 is 0 Å². The van der Waals surface area contributed by atoms with E-state index in [1.54, 1.807) is 20.8 Å². The van der Waals surface area contributed by atoms with E-state index in [0.717, 1.165) is 24.3 Å². The normalized spacial score (nSPS) is 30.5. The van der Waals surface area contributed by atoms with Crippen LogP contribution < -0.4 is 10.2 Å². The van der Waals surface area contributed by atoms with Crippen molar-refractivity contribution in [2.24, 2.45) is 11.8 Å². The quantitative estimate of drug-likeness (QED) is 0.0968. The minimum absolute atomic E-state index is 0.000737. The van der Waals surface area contributed by atoms with Gasteiger partial charge in [0.25, 0.3) is 0 Å². The maximum atomic E-state index is 13.8. The second-order valence-corrected chi connectivity index (χ2v) is 15.4. The van der Waals surface area contributed by atoms with Crippen molar-refractivity contribution in [3.63, 3.8) is 0 Å². The number of aromatic hydroxyl groups is 4. The average Bonchev–Trinajstić information content (AvgIpc) is 3.14. The first kappa shape index (κ1) is 43.4. The Kier molecular flexibility index (Phi) is 13.5. The molecule has 0 radical (unpaired) electrons. The lowest BCUT2D eigenvalue weighted by Crippen LogP contribution is -2.60. The summed E-state index contributed by atoms with van der Waals surface area (Å²) in [6.45, 7) is 5.61. The minimum Gasteiger partial charge on any atom is -0.508 e. The molecule has 0 saturated carbocycles. The molecule has 56 heavy (non-hydrogen) atoms. The van der Waals surface area contributed by atoms with Crippen molar-refractivity contribution in [1.29, 1.82) is 0 Å². The first-order valence-electron chi connectivity index (χ1n) is 18.7. The molecule has 6 unspecified atom stereocenters. The number of phenols is 4. The molecule has 12 atom stereocenters.